The lowest BCUT2D eigenvalue weighted by Gasteiger charge is -1.96. The number of hydrogen-bond donors (Lipinski definition) is 2. The van der Waals surface area contributed by atoms with E-state index in [2.05, 4.69) is 10.3 Å². The topological polar surface area (TPSA) is 130 Å². The summed E-state index contributed by atoms with van der Waals surface area (Å²) in [5.74, 6) is 0.673. The first-order valence-corrected chi connectivity index (χ1v) is 8.19. The SMILES string of the molecule is COc1ccc(I(=O)=O)cc1.NS(N)(=O)=O. The van der Waals surface area contributed by atoms with Crippen LogP contribution in [0.5, 0.6) is 5.75 Å². The molecule has 0 aliphatic heterocycles. The summed E-state index contributed by atoms with van der Waals surface area (Å²) in [6.07, 6.45) is 0. The van der Waals surface area contributed by atoms with Gasteiger partial charge in [0.05, 0.1) is 10.7 Å². The van der Waals surface area contributed by atoms with Gasteiger partial charge in [-0.05, 0) is 24.3 Å². The van der Waals surface area contributed by atoms with Crippen LogP contribution in [0, 0.1) is 3.57 Å². The van der Waals surface area contributed by atoms with Gasteiger partial charge in [-0.2, -0.15) is 8.42 Å². The van der Waals surface area contributed by atoms with Gasteiger partial charge >= 0.3 is 19.8 Å². The van der Waals surface area contributed by atoms with Crippen molar-refractivity contribution >= 4 is 30.0 Å². The molecule has 0 atom stereocenters. The van der Waals surface area contributed by atoms with Crippen LogP contribution < -0.4 is 15.0 Å². The quantitative estimate of drug-likeness (QED) is 0.727. The van der Waals surface area contributed by atoms with E-state index in [-0.39, 0.29) is 0 Å². The second kappa shape index (κ2) is 6.73. The number of methoxy groups -OCH3 is 1. The third kappa shape index (κ3) is 8.52. The minimum Gasteiger partial charge on any atom is -0.497 e. The molecule has 1 rings (SSSR count). The van der Waals surface area contributed by atoms with Crippen molar-refractivity contribution in [2.45, 2.75) is 0 Å². The highest BCUT2D eigenvalue weighted by Crippen LogP contribution is 2.19. The molecule has 0 unspecified atom stereocenters. The molecule has 0 aromatic heterocycles. The summed E-state index contributed by atoms with van der Waals surface area (Å²) in [4.78, 5) is 0. The van der Waals surface area contributed by atoms with E-state index in [0.29, 0.717) is 9.32 Å². The first-order chi connectivity index (χ1) is 7.24. The zero-order valence-corrected chi connectivity index (χ0v) is 11.3. The lowest BCUT2D eigenvalue weighted by Crippen LogP contribution is -2.21. The van der Waals surface area contributed by atoms with E-state index in [4.69, 9.17) is 4.74 Å². The van der Waals surface area contributed by atoms with Gasteiger partial charge in [-0.15, -0.1) is 0 Å². The fourth-order valence-corrected chi connectivity index (χ4v) is 1.62. The number of rotatable bonds is 2. The monoisotopic (exact) mass is 362 g/mol. The van der Waals surface area contributed by atoms with E-state index < -0.39 is 30.0 Å². The normalized spacial score (nSPS) is 10.5. The van der Waals surface area contributed by atoms with E-state index in [1.807, 2.05) is 0 Å². The van der Waals surface area contributed by atoms with Gasteiger partial charge in [0.15, 0.2) is 0 Å². The third-order valence-electron chi connectivity index (χ3n) is 1.23. The van der Waals surface area contributed by atoms with Crippen molar-refractivity contribution in [3.05, 3.63) is 27.8 Å². The molecule has 0 radical (unpaired) electrons. The molecule has 0 heterocycles. The van der Waals surface area contributed by atoms with Gasteiger partial charge in [0.1, 0.15) is 5.75 Å². The number of benzene rings is 1. The molecule has 0 aliphatic rings. The van der Waals surface area contributed by atoms with Crippen molar-refractivity contribution in [2.24, 2.45) is 10.3 Å². The van der Waals surface area contributed by atoms with Crippen LogP contribution in [0.25, 0.3) is 0 Å². The molecule has 92 valence electrons. The molecule has 7 nitrogen and oxygen atoms in total. The van der Waals surface area contributed by atoms with E-state index in [1.54, 1.807) is 31.4 Å². The van der Waals surface area contributed by atoms with E-state index >= 15 is 0 Å². The third-order valence-corrected chi connectivity index (χ3v) is 2.96. The first kappa shape index (κ1) is 15.2. The molecule has 0 saturated heterocycles. The van der Waals surface area contributed by atoms with Gasteiger partial charge in [0, 0.05) is 0 Å². The standard InChI is InChI=1S/C7H7IO3.H4N2O2S/c1-11-7-4-2-6(3-5-7)8(9)10;1-5(2,3)4/h2-5H,1H3;(H4,1,2,3,4). The highest BCUT2D eigenvalue weighted by Gasteiger charge is 1.96. The van der Waals surface area contributed by atoms with Crippen LogP contribution in [-0.2, 0) is 16.3 Å². The van der Waals surface area contributed by atoms with Crippen molar-refractivity contribution in [1.29, 1.82) is 0 Å². The van der Waals surface area contributed by atoms with Crippen molar-refractivity contribution in [3.63, 3.8) is 0 Å². The second-order valence-electron chi connectivity index (χ2n) is 2.46. The highest BCUT2D eigenvalue weighted by molar-refractivity contribution is 14.2. The lowest BCUT2D eigenvalue weighted by molar-refractivity contribution is 0.414. The van der Waals surface area contributed by atoms with Crippen molar-refractivity contribution in [3.8, 4) is 5.75 Å². The van der Waals surface area contributed by atoms with Crippen molar-refractivity contribution in [2.75, 3.05) is 7.11 Å². The Hall–Kier alpha value is -0.780. The molecule has 9 heteroatoms. The maximum Gasteiger partial charge on any atom is 0.340 e. The minimum atomic E-state index is -3.67. The minimum absolute atomic E-state index is 0.398. The van der Waals surface area contributed by atoms with Crippen LogP contribution in [0.2, 0.25) is 0 Å². The molecular formula is C7H11IN2O5S. The van der Waals surface area contributed by atoms with E-state index in [0.717, 1.165) is 0 Å². The molecule has 4 N–H and O–H groups in total. The molecule has 0 fully saturated rings. The Morgan fingerprint density at radius 1 is 1.12 bits per heavy atom. The Balaban J connectivity index is 0.000000385. The Kier molecular flexibility index (Phi) is 6.40. The Bertz CT molecular complexity index is 478. The van der Waals surface area contributed by atoms with Crippen LogP contribution in [-0.4, -0.2) is 15.5 Å². The van der Waals surface area contributed by atoms with Gasteiger partial charge in [-0.3, -0.25) is 0 Å². The molecule has 16 heavy (non-hydrogen) atoms. The zero-order chi connectivity index (χ0) is 12.8. The van der Waals surface area contributed by atoms with Gasteiger partial charge < -0.3 is 4.74 Å². The van der Waals surface area contributed by atoms with Crippen LogP contribution in [0.3, 0.4) is 0 Å². The largest absolute Gasteiger partial charge is 0.497 e. The Morgan fingerprint density at radius 3 is 1.75 bits per heavy atom. The summed E-state index contributed by atoms with van der Waals surface area (Å²) < 4.78 is 44.6. The van der Waals surface area contributed by atoms with Crippen LogP contribution in [0.15, 0.2) is 24.3 Å². The molecule has 1 aromatic rings. The van der Waals surface area contributed by atoms with Crippen molar-refractivity contribution in [1.82, 2.24) is 0 Å². The lowest BCUT2D eigenvalue weighted by atomic mass is 10.3. The molecule has 0 aliphatic carbocycles. The van der Waals surface area contributed by atoms with Crippen LogP contribution >= 0.6 is 19.8 Å². The first-order valence-electron chi connectivity index (χ1n) is 3.74. The molecule has 0 spiro atoms. The summed E-state index contributed by atoms with van der Waals surface area (Å²) in [6.45, 7) is 0. The predicted octanol–water partition coefficient (Wildman–Crippen LogP) is 0.211. The van der Waals surface area contributed by atoms with Gasteiger partial charge in [0.25, 0.3) is 10.2 Å². The maximum atomic E-state index is 10.5. The Labute approximate surface area is 100 Å². The number of nitrogens with two attached hydrogens (primary N) is 2. The fraction of sp³-hybridized carbons (Fsp3) is 0.143. The Morgan fingerprint density at radius 2 is 1.50 bits per heavy atom. The van der Waals surface area contributed by atoms with E-state index in [9.17, 15) is 14.6 Å². The summed E-state index contributed by atoms with van der Waals surface area (Å²) in [5, 5.41) is 8.21. The number of halogens is 1. The summed E-state index contributed by atoms with van der Waals surface area (Å²) in [6, 6.07) is 6.36. The van der Waals surface area contributed by atoms with Crippen LogP contribution in [0.4, 0.5) is 0 Å². The fourth-order valence-electron chi connectivity index (χ4n) is 0.674. The average molecular weight is 362 g/mol. The molecule has 0 saturated carbocycles. The van der Waals surface area contributed by atoms with Gasteiger partial charge in [-0.1, -0.05) is 0 Å². The van der Waals surface area contributed by atoms with Crippen molar-refractivity contribution < 1.29 is 19.3 Å². The predicted molar refractivity (Wildman–Crippen MR) is 64.4 cm³/mol. The summed E-state index contributed by atoms with van der Waals surface area (Å²) in [7, 11) is -2.13. The second-order valence-corrected chi connectivity index (χ2v) is 6.13. The number of ether oxygens (including phenoxy) is 1. The molecular weight excluding hydrogens is 351 g/mol. The molecule has 0 amide bonds. The highest BCUT2D eigenvalue weighted by atomic mass is 127. The number of hydrogen-bond acceptors (Lipinski definition) is 5. The average Bonchev–Trinajstić information content (AvgIpc) is 2.15. The maximum absolute atomic E-state index is 10.5. The van der Waals surface area contributed by atoms with Crippen LogP contribution in [0.1, 0.15) is 0 Å². The molecule has 0 bridgehead atoms. The summed E-state index contributed by atoms with van der Waals surface area (Å²) >= 11 is -3.27. The smallest absolute Gasteiger partial charge is 0.340 e. The van der Waals surface area contributed by atoms with E-state index in [1.165, 1.54) is 0 Å². The van der Waals surface area contributed by atoms with Gasteiger partial charge in [0.2, 0.25) is 0 Å². The summed E-state index contributed by atoms with van der Waals surface area (Å²) in [5.41, 5.74) is 0. The van der Waals surface area contributed by atoms with Gasteiger partial charge in [-0.25, -0.2) is 16.4 Å². The molecule has 1 aromatic carbocycles. The zero-order valence-electron chi connectivity index (χ0n) is 8.29.